The number of hydrogen-bond acceptors (Lipinski definition) is 5. The van der Waals surface area contributed by atoms with E-state index in [0.717, 1.165) is 0 Å². The van der Waals surface area contributed by atoms with Crippen LogP contribution in [0.2, 0.25) is 0 Å². The second-order valence-electron chi connectivity index (χ2n) is 2.01. The van der Waals surface area contributed by atoms with Crippen molar-refractivity contribution in [2.75, 3.05) is 0 Å². The molecular weight excluding hydrogens is 246 g/mol. The van der Waals surface area contributed by atoms with Crippen molar-refractivity contribution in [2.24, 2.45) is 0 Å². The SMILES string of the molecule is O=S(=O)(Oc1coc(P)n1)C(F)(F)F. The van der Waals surface area contributed by atoms with Crippen LogP contribution in [0.1, 0.15) is 0 Å². The first-order valence-electron chi connectivity index (χ1n) is 2.94. The van der Waals surface area contributed by atoms with Gasteiger partial charge in [-0.2, -0.15) is 26.6 Å². The zero-order valence-corrected chi connectivity index (χ0v) is 8.25. The van der Waals surface area contributed by atoms with Gasteiger partial charge in [-0.1, -0.05) is 0 Å². The van der Waals surface area contributed by atoms with Gasteiger partial charge in [0.2, 0.25) is 5.63 Å². The number of hydrogen-bond donors (Lipinski definition) is 0. The fourth-order valence-electron chi connectivity index (χ4n) is 0.470. The molecule has 1 unspecified atom stereocenters. The smallest absolute Gasteiger partial charge is 0.441 e. The third kappa shape index (κ3) is 2.36. The Morgan fingerprint density at radius 2 is 2.07 bits per heavy atom. The Hall–Kier alpha value is -0.820. The summed E-state index contributed by atoms with van der Waals surface area (Å²) in [6, 6.07) is 0. The molecule has 0 radical (unpaired) electrons. The van der Waals surface area contributed by atoms with Crippen molar-refractivity contribution in [1.29, 1.82) is 0 Å². The van der Waals surface area contributed by atoms with Gasteiger partial charge in [-0.15, -0.1) is 0 Å². The summed E-state index contributed by atoms with van der Waals surface area (Å²) in [6.45, 7) is 0. The Morgan fingerprint density at radius 3 is 2.43 bits per heavy atom. The van der Waals surface area contributed by atoms with Crippen LogP contribution in [0, 0.1) is 0 Å². The fraction of sp³-hybridized carbons (Fsp3) is 0.250. The van der Waals surface area contributed by atoms with Gasteiger partial charge in [0.25, 0.3) is 5.88 Å². The molecular formula is C4H3F3NO4PS. The lowest BCUT2D eigenvalue weighted by atomic mass is 10.9. The van der Waals surface area contributed by atoms with Crippen molar-refractivity contribution in [3.8, 4) is 5.88 Å². The van der Waals surface area contributed by atoms with E-state index in [2.05, 4.69) is 13.6 Å². The number of halogens is 3. The largest absolute Gasteiger partial charge is 0.534 e. The van der Waals surface area contributed by atoms with Crippen LogP contribution in [0.3, 0.4) is 0 Å². The predicted octanol–water partition coefficient (Wildman–Crippen LogP) is 0.403. The first-order chi connectivity index (χ1) is 6.22. The maximum absolute atomic E-state index is 11.7. The van der Waals surface area contributed by atoms with E-state index >= 15 is 0 Å². The van der Waals surface area contributed by atoms with Gasteiger partial charge in [0.1, 0.15) is 0 Å². The maximum Gasteiger partial charge on any atom is 0.534 e. The van der Waals surface area contributed by atoms with Crippen LogP contribution in [-0.2, 0) is 10.1 Å². The molecule has 1 atom stereocenters. The van der Waals surface area contributed by atoms with Crippen LogP contribution in [0.4, 0.5) is 13.2 Å². The molecule has 80 valence electrons. The monoisotopic (exact) mass is 249 g/mol. The number of nitrogens with zero attached hydrogens (tertiary/aromatic N) is 1. The molecule has 0 spiro atoms. The Kier molecular flexibility index (Phi) is 2.73. The van der Waals surface area contributed by atoms with E-state index in [4.69, 9.17) is 0 Å². The van der Waals surface area contributed by atoms with Gasteiger partial charge in [-0.3, -0.25) is 0 Å². The summed E-state index contributed by atoms with van der Waals surface area (Å²) in [5.74, 6) is -0.771. The highest BCUT2D eigenvalue weighted by molar-refractivity contribution is 7.87. The van der Waals surface area contributed by atoms with Gasteiger partial charge in [0, 0.05) is 0 Å². The molecule has 0 aromatic carbocycles. The molecule has 14 heavy (non-hydrogen) atoms. The van der Waals surface area contributed by atoms with E-state index in [1.807, 2.05) is 9.24 Å². The van der Waals surface area contributed by atoms with Crippen molar-refractivity contribution in [1.82, 2.24) is 4.98 Å². The Morgan fingerprint density at radius 1 is 1.50 bits per heavy atom. The highest BCUT2D eigenvalue weighted by atomic mass is 32.2. The lowest BCUT2D eigenvalue weighted by Gasteiger charge is -2.05. The molecule has 0 aliphatic carbocycles. The van der Waals surface area contributed by atoms with Gasteiger partial charge in [0.15, 0.2) is 6.26 Å². The average Bonchev–Trinajstić information content (AvgIpc) is 2.31. The summed E-state index contributed by atoms with van der Waals surface area (Å²) in [5, 5.41) is 0. The van der Waals surface area contributed by atoms with E-state index in [0.29, 0.717) is 6.26 Å². The van der Waals surface area contributed by atoms with Gasteiger partial charge < -0.3 is 8.60 Å². The third-order valence-corrected chi connectivity index (χ3v) is 2.20. The van der Waals surface area contributed by atoms with E-state index in [9.17, 15) is 21.6 Å². The van der Waals surface area contributed by atoms with Gasteiger partial charge >= 0.3 is 15.6 Å². The molecule has 1 aromatic rings. The molecule has 0 bridgehead atoms. The molecule has 0 aliphatic rings. The Balaban J connectivity index is 2.90. The van der Waals surface area contributed by atoms with Crippen LogP contribution < -0.4 is 9.81 Å². The zero-order chi connectivity index (χ0) is 11.0. The van der Waals surface area contributed by atoms with Crippen LogP contribution in [0.25, 0.3) is 0 Å². The summed E-state index contributed by atoms with van der Waals surface area (Å²) in [5.41, 5.74) is -5.56. The number of aromatic nitrogens is 1. The lowest BCUT2D eigenvalue weighted by molar-refractivity contribution is -0.0501. The minimum atomic E-state index is -5.67. The van der Waals surface area contributed by atoms with E-state index in [1.165, 1.54) is 0 Å². The maximum atomic E-state index is 11.7. The number of oxazole rings is 1. The minimum Gasteiger partial charge on any atom is -0.441 e. The lowest BCUT2D eigenvalue weighted by Crippen LogP contribution is -2.28. The van der Waals surface area contributed by atoms with Crippen molar-refractivity contribution in [3.05, 3.63) is 6.26 Å². The summed E-state index contributed by atoms with van der Waals surface area (Å²) >= 11 is 0. The van der Waals surface area contributed by atoms with Crippen LogP contribution >= 0.6 is 9.24 Å². The van der Waals surface area contributed by atoms with Crippen LogP contribution in [0.5, 0.6) is 5.88 Å². The number of alkyl halides is 3. The summed E-state index contributed by atoms with van der Waals surface area (Å²) in [7, 11) is -3.75. The predicted molar refractivity (Wildman–Crippen MR) is 41.4 cm³/mol. The van der Waals surface area contributed by atoms with Crippen LogP contribution in [-0.4, -0.2) is 18.9 Å². The quantitative estimate of drug-likeness (QED) is 0.431. The minimum absolute atomic E-state index is 0.0858. The first kappa shape index (κ1) is 11.3. The van der Waals surface area contributed by atoms with E-state index in [1.54, 1.807) is 0 Å². The highest BCUT2D eigenvalue weighted by Crippen LogP contribution is 2.25. The highest BCUT2D eigenvalue weighted by Gasteiger charge is 2.49. The van der Waals surface area contributed by atoms with Crippen molar-refractivity contribution in [3.63, 3.8) is 0 Å². The van der Waals surface area contributed by atoms with E-state index < -0.39 is 21.5 Å². The Labute approximate surface area is 78.6 Å². The second-order valence-corrected chi connectivity index (χ2v) is 4.04. The molecule has 0 amide bonds. The molecule has 10 heteroatoms. The van der Waals surface area contributed by atoms with Crippen molar-refractivity contribution >= 4 is 25.0 Å². The van der Waals surface area contributed by atoms with Crippen molar-refractivity contribution in [2.45, 2.75) is 5.51 Å². The normalized spacial score (nSPS) is 12.9. The standard InChI is InChI=1S/C4H3F3NO4PS/c5-4(6,7)14(9,10)12-2-1-11-3(13)8-2/h1H,13H2. The Bertz CT molecular complexity index is 424. The molecule has 0 fully saturated rings. The molecule has 1 heterocycles. The molecule has 0 saturated heterocycles. The average molecular weight is 249 g/mol. The number of rotatable bonds is 2. The van der Waals surface area contributed by atoms with E-state index in [-0.39, 0.29) is 5.63 Å². The third-order valence-electron chi connectivity index (χ3n) is 0.979. The first-order valence-corrected chi connectivity index (χ1v) is 4.93. The fourth-order valence-corrected chi connectivity index (χ4v) is 1.06. The molecule has 0 saturated carbocycles. The van der Waals surface area contributed by atoms with Crippen LogP contribution in [0.15, 0.2) is 10.7 Å². The van der Waals surface area contributed by atoms with Gasteiger partial charge in [0.05, 0.1) is 0 Å². The molecule has 1 aromatic heterocycles. The summed E-state index contributed by atoms with van der Waals surface area (Å²) < 4.78 is 64.1. The van der Waals surface area contributed by atoms with Gasteiger partial charge in [-0.05, 0) is 9.24 Å². The molecule has 1 rings (SSSR count). The molecule has 5 nitrogen and oxygen atoms in total. The van der Waals surface area contributed by atoms with Gasteiger partial charge in [-0.25, -0.2) is 0 Å². The zero-order valence-electron chi connectivity index (χ0n) is 6.28. The second kappa shape index (κ2) is 3.39. The molecule has 0 N–H and O–H groups in total. The summed E-state index contributed by atoms with van der Waals surface area (Å²) in [6.07, 6.45) is 0.644. The van der Waals surface area contributed by atoms with Crippen molar-refractivity contribution < 1.29 is 30.2 Å². The summed E-state index contributed by atoms with van der Waals surface area (Å²) in [4.78, 5) is 3.20. The molecule has 0 aliphatic heterocycles. The topological polar surface area (TPSA) is 69.4 Å².